The monoisotopic (exact) mass is 400 g/mol. The van der Waals surface area contributed by atoms with Crippen molar-refractivity contribution in [1.29, 1.82) is 0 Å². The van der Waals surface area contributed by atoms with Gasteiger partial charge < -0.3 is 4.74 Å². The summed E-state index contributed by atoms with van der Waals surface area (Å²) in [7, 11) is 0. The minimum absolute atomic E-state index is 0.0606. The van der Waals surface area contributed by atoms with Gasteiger partial charge in [0.1, 0.15) is 0 Å². The van der Waals surface area contributed by atoms with E-state index in [2.05, 4.69) is 19.9 Å². The fourth-order valence-electron chi connectivity index (χ4n) is 4.57. The molecule has 1 unspecified atom stereocenters. The fourth-order valence-corrected chi connectivity index (χ4v) is 4.57. The van der Waals surface area contributed by atoms with Gasteiger partial charge >= 0.3 is 5.97 Å². The third kappa shape index (κ3) is 7.60. The highest BCUT2D eigenvalue weighted by molar-refractivity contribution is 6.01. The summed E-state index contributed by atoms with van der Waals surface area (Å²) in [6, 6.07) is 7.96. The Balaban J connectivity index is 1.94. The van der Waals surface area contributed by atoms with Crippen LogP contribution in [0.2, 0.25) is 0 Å². The number of benzene rings is 1. The molecule has 2 rings (SSSR count). The summed E-state index contributed by atoms with van der Waals surface area (Å²) in [6.45, 7) is 6.07. The van der Waals surface area contributed by atoms with Gasteiger partial charge in [0.15, 0.2) is 6.10 Å². The highest BCUT2D eigenvalue weighted by Crippen LogP contribution is 2.39. The standard InChI is InChI=1S/C26H40O3/c1-4-6-8-12-21-16-18-22(19-17-21)23-13-10-11-14-24(23)26(28)20(3)29-25(27)15-9-7-5-2/h10-11,13-14,20-22H,4-9,12,15-19H2,1-3H3. The zero-order valence-electron chi connectivity index (χ0n) is 18.8. The second kappa shape index (κ2) is 12.8. The maximum absolute atomic E-state index is 13.0. The van der Waals surface area contributed by atoms with Gasteiger partial charge in [-0.1, -0.05) is 76.6 Å². The van der Waals surface area contributed by atoms with Crippen LogP contribution in [-0.4, -0.2) is 17.9 Å². The second-order valence-electron chi connectivity index (χ2n) is 8.75. The molecule has 0 spiro atoms. The minimum atomic E-state index is -0.712. The predicted molar refractivity (Wildman–Crippen MR) is 119 cm³/mol. The normalized spacial score (nSPS) is 20.2. The van der Waals surface area contributed by atoms with Crippen molar-refractivity contribution in [3.63, 3.8) is 0 Å². The maximum Gasteiger partial charge on any atom is 0.306 e. The topological polar surface area (TPSA) is 43.4 Å². The Bertz CT molecular complexity index is 629. The lowest BCUT2D eigenvalue weighted by atomic mass is 9.75. The van der Waals surface area contributed by atoms with E-state index in [1.807, 2.05) is 18.2 Å². The van der Waals surface area contributed by atoms with Crippen LogP contribution in [0.15, 0.2) is 24.3 Å². The maximum atomic E-state index is 13.0. The summed E-state index contributed by atoms with van der Waals surface area (Å²) in [5, 5.41) is 0. The van der Waals surface area contributed by atoms with Crippen LogP contribution in [0.5, 0.6) is 0 Å². The van der Waals surface area contributed by atoms with E-state index in [4.69, 9.17) is 4.74 Å². The molecular weight excluding hydrogens is 360 g/mol. The SMILES string of the molecule is CCCCCC(=O)OC(C)C(=O)c1ccccc1C1CCC(CCCCC)CC1. The molecule has 1 aliphatic rings. The molecule has 0 radical (unpaired) electrons. The third-order valence-electron chi connectivity index (χ3n) is 6.39. The molecule has 3 nitrogen and oxygen atoms in total. The smallest absolute Gasteiger partial charge is 0.306 e. The lowest BCUT2D eigenvalue weighted by Gasteiger charge is -2.30. The molecule has 0 amide bonds. The van der Waals surface area contributed by atoms with Gasteiger partial charge in [0.25, 0.3) is 0 Å². The first kappa shape index (κ1) is 23.6. The number of ketones is 1. The minimum Gasteiger partial charge on any atom is -0.454 e. The van der Waals surface area contributed by atoms with E-state index in [-0.39, 0.29) is 11.8 Å². The van der Waals surface area contributed by atoms with Crippen molar-refractivity contribution in [2.75, 3.05) is 0 Å². The van der Waals surface area contributed by atoms with E-state index in [1.165, 1.54) is 38.5 Å². The van der Waals surface area contributed by atoms with Gasteiger partial charge in [-0.2, -0.15) is 0 Å². The molecule has 0 heterocycles. The quantitative estimate of drug-likeness (QED) is 0.211. The number of hydrogen-bond donors (Lipinski definition) is 0. The Kier molecular flexibility index (Phi) is 10.5. The van der Waals surface area contributed by atoms with Crippen LogP contribution in [-0.2, 0) is 9.53 Å². The molecule has 0 saturated heterocycles. The number of esters is 1. The molecular formula is C26H40O3. The van der Waals surface area contributed by atoms with Crippen molar-refractivity contribution in [2.24, 2.45) is 5.92 Å². The summed E-state index contributed by atoms with van der Waals surface area (Å²) < 4.78 is 5.44. The molecule has 1 aromatic carbocycles. The molecule has 1 aromatic rings. The number of unbranched alkanes of at least 4 members (excludes halogenated alkanes) is 4. The van der Waals surface area contributed by atoms with Gasteiger partial charge in [0.05, 0.1) is 0 Å². The largest absolute Gasteiger partial charge is 0.454 e. The molecule has 0 aliphatic heterocycles. The number of ether oxygens (including phenoxy) is 1. The summed E-state index contributed by atoms with van der Waals surface area (Å²) in [5.74, 6) is 0.979. The highest BCUT2D eigenvalue weighted by Gasteiger charge is 2.27. The van der Waals surface area contributed by atoms with Gasteiger partial charge in [-0.25, -0.2) is 0 Å². The van der Waals surface area contributed by atoms with Crippen LogP contribution in [0, 0.1) is 5.92 Å². The Morgan fingerprint density at radius 1 is 0.966 bits per heavy atom. The summed E-state index contributed by atoms with van der Waals surface area (Å²) in [4.78, 5) is 25.1. The first-order valence-corrected chi connectivity index (χ1v) is 11.9. The third-order valence-corrected chi connectivity index (χ3v) is 6.39. The number of carbonyl (C=O) groups excluding carboxylic acids is 2. The molecule has 1 saturated carbocycles. The fraction of sp³-hybridized carbons (Fsp3) is 0.692. The van der Waals surface area contributed by atoms with Crippen molar-refractivity contribution in [1.82, 2.24) is 0 Å². The van der Waals surface area contributed by atoms with Crippen molar-refractivity contribution >= 4 is 11.8 Å². The Labute approximate surface area is 177 Å². The molecule has 162 valence electrons. The van der Waals surface area contributed by atoms with Crippen LogP contribution >= 0.6 is 0 Å². The van der Waals surface area contributed by atoms with Crippen LogP contribution in [0.4, 0.5) is 0 Å². The van der Waals surface area contributed by atoms with Crippen molar-refractivity contribution in [3.05, 3.63) is 35.4 Å². The van der Waals surface area contributed by atoms with E-state index in [1.54, 1.807) is 6.92 Å². The van der Waals surface area contributed by atoms with E-state index >= 15 is 0 Å². The predicted octanol–water partition coefficient (Wildman–Crippen LogP) is 7.24. The van der Waals surface area contributed by atoms with Crippen molar-refractivity contribution in [3.8, 4) is 0 Å². The van der Waals surface area contributed by atoms with Gasteiger partial charge in [-0.3, -0.25) is 9.59 Å². The number of Topliss-reactive ketones (excluding diaryl/α,β-unsaturated/α-hetero) is 1. The Morgan fingerprint density at radius 2 is 1.62 bits per heavy atom. The molecule has 0 bridgehead atoms. The van der Waals surface area contributed by atoms with E-state index < -0.39 is 6.10 Å². The van der Waals surface area contributed by atoms with Crippen LogP contribution in [0.1, 0.15) is 120 Å². The average molecular weight is 401 g/mol. The van der Waals surface area contributed by atoms with E-state index in [0.717, 1.165) is 49.1 Å². The highest BCUT2D eigenvalue weighted by atomic mass is 16.5. The molecule has 1 atom stereocenters. The zero-order valence-corrected chi connectivity index (χ0v) is 18.8. The van der Waals surface area contributed by atoms with E-state index in [9.17, 15) is 9.59 Å². The lowest BCUT2D eigenvalue weighted by molar-refractivity contribution is -0.146. The van der Waals surface area contributed by atoms with E-state index in [0.29, 0.717) is 12.3 Å². The second-order valence-corrected chi connectivity index (χ2v) is 8.75. The molecule has 29 heavy (non-hydrogen) atoms. The first-order valence-electron chi connectivity index (χ1n) is 11.9. The number of hydrogen-bond acceptors (Lipinski definition) is 3. The van der Waals surface area contributed by atoms with Crippen LogP contribution in [0.3, 0.4) is 0 Å². The molecule has 3 heteroatoms. The van der Waals surface area contributed by atoms with Gasteiger partial charge in [0.2, 0.25) is 5.78 Å². The van der Waals surface area contributed by atoms with Crippen LogP contribution < -0.4 is 0 Å². The summed E-state index contributed by atoms with van der Waals surface area (Å²) in [5.41, 5.74) is 1.90. The molecule has 0 aromatic heterocycles. The van der Waals surface area contributed by atoms with Gasteiger partial charge in [-0.05, 0) is 56.4 Å². The van der Waals surface area contributed by atoms with Gasteiger partial charge in [0, 0.05) is 12.0 Å². The Hall–Kier alpha value is -1.64. The first-order chi connectivity index (χ1) is 14.1. The zero-order chi connectivity index (χ0) is 21.1. The summed E-state index contributed by atoms with van der Waals surface area (Å²) >= 11 is 0. The van der Waals surface area contributed by atoms with Crippen LogP contribution in [0.25, 0.3) is 0 Å². The molecule has 0 N–H and O–H groups in total. The van der Waals surface area contributed by atoms with Crippen molar-refractivity contribution in [2.45, 2.75) is 110 Å². The average Bonchev–Trinajstić information content (AvgIpc) is 2.74. The number of carbonyl (C=O) groups is 2. The van der Waals surface area contributed by atoms with Gasteiger partial charge in [-0.15, -0.1) is 0 Å². The lowest BCUT2D eigenvalue weighted by Crippen LogP contribution is -2.26. The van der Waals surface area contributed by atoms with Crippen molar-refractivity contribution < 1.29 is 14.3 Å². The molecule has 1 fully saturated rings. The summed E-state index contributed by atoms with van der Waals surface area (Å²) in [6.07, 6.45) is 12.8. The Morgan fingerprint density at radius 3 is 2.31 bits per heavy atom. The number of rotatable bonds is 12. The molecule has 1 aliphatic carbocycles.